The first-order valence-corrected chi connectivity index (χ1v) is 10.8. The number of hydrogen-bond donors (Lipinski definition) is 2. The Morgan fingerprint density at radius 1 is 1.19 bits per heavy atom. The molecule has 1 heterocycles. The molecule has 0 aliphatic heterocycles. The van der Waals surface area contributed by atoms with E-state index in [9.17, 15) is 13.2 Å². The van der Waals surface area contributed by atoms with E-state index < -0.39 is 22.0 Å². The lowest BCUT2D eigenvalue weighted by molar-refractivity contribution is -0.118. The largest absolute Gasteiger partial charge is 0.322 e. The van der Waals surface area contributed by atoms with Crippen LogP contribution in [-0.4, -0.2) is 30.1 Å². The smallest absolute Gasteiger partial charge is 0.242 e. The molecule has 0 spiro atoms. The summed E-state index contributed by atoms with van der Waals surface area (Å²) in [6.07, 6.45) is 3.27. The van der Waals surface area contributed by atoms with Crippen LogP contribution >= 0.6 is 15.9 Å². The van der Waals surface area contributed by atoms with Gasteiger partial charge >= 0.3 is 0 Å². The van der Waals surface area contributed by atoms with Crippen LogP contribution in [0.25, 0.3) is 0 Å². The van der Waals surface area contributed by atoms with Gasteiger partial charge in [-0.15, -0.1) is 0 Å². The molecule has 0 aliphatic carbocycles. The molecular weight excluding hydrogens is 432 g/mol. The van der Waals surface area contributed by atoms with E-state index in [-0.39, 0.29) is 16.4 Å². The zero-order chi connectivity index (χ0) is 20.4. The fourth-order valence-electron chi connectivity index (χ4n) is 2.32. The van der Waals surface area contributed by atoms with Gasteiger partial charge in [-0.25, -0.2) is 8.42 Å². The van der Waals surface area contributed by atoms with Crippen LogP contribution in [-0.2, 0) is 20.4 Å². The van der Waals surface area contributed by atoms with E-state index in [1.165, 1.54) is 12.1 Å². The Morgan fingerprint density at radius 3 is 2.26 bits per heavy atom. The third kappa shape index (κ3) is 5.63. The molecule has 1 aromatic carbocycles. The molecule has 2 aromatic rings. The molecule has 0 unspecified atom stereocenters. The van der Waals surface area contributed by atoms with Gasteiger partial charge in [0, 0.05) is 10.7 Å². The number of aromatic nitrogens is 2. The third-order valence-corrected chi connectivity index (χ3v) is 5.88. The molecule has 0 saturated carbocycles. The van der Waals surface area contributed by atoms with Gasteiger partial charge < -0.3 is 5.32 Å². The predicted octanol–water partition coefficient (Wildman–Crippen LogP) is 3.34. The number of carbonyl (C=O) groups is 1. The highest BCUT2D eigenvalue weighted by molar-refractivity contribution is 9.10. The first-order valence-electron chi connectivity index (χ1n) is 8.54. The highest BCUT2D eigenvalue weighted by Crippen LogP contribution is 2.18. The normalized spacial score (nSPS) is 13.6. The number of rotatable bonds is 6. The minimum atomic E-state index is -3.83. The van der Waals surface area contributed by atoms with E-state index >= 15 is 0 Å². The molecule has 2 rings (SSSR count). The van der Waals surface area contributed by atoms with E-state index in [0.29, 0.717) is 5.69 Å². The predicted molar refractivity (Wildman–Crippen MR) is 109 cm³/mol. The highest BCUT2D eigenvalue weighted by Gasteiger charge is 2.29. The summed E-state index contributed by atoms with van der Waals surface area (Å²) in [6.45, 7) is 9.55. The molecule has 148 valence electrons. The van der Waals surface area contributed by atoms with Crippen LogP contribution < -0.4 is 10.0 Å². The molecule has 0 aliphatic rings. The van der Waals surface area contributed by atoms with Crippen LogP contribution in [0.3, 0.4) is 0 Å². The van der Waals surface area contributed by atoms with Crippen LogP contribution in [0.15, 0.2) is 46.0 Å². The first kappa shape index (κ1) is 21.6. The maximum Gasteiger partial charge on any atom is 0.242 e. The topological polar surface area (TPSA) is 93.1 Å². The Bertz CT molecular complexity index is 899. The highest BCUT2D eigenvalue weighted by atomic mass is 79.9. The Kier molecular flexibility index (Phi) is 6.49. The summed E-state index contributed by atoms with van der Waals surface area (Å²) in [5, 5.41) is 6.98. The molecule has 27 heavy (non-hydrogen) atoms. The second-order valence-corrected chi connectivity index (χ2v) is 10.3. The summed E-state index contributed by atoms with van der Waals surface area (Å²) in [4.78, 5) is 12.8. The van der Waals surface area contributed by atoms with Crippen molar-refractivity contribution in [3.05, 3.63) is 41.1 Å². The van der Waals surface area contributed by atoms with Crippen molar-refractivity contribution in [1.82, 2.24) is 14.5 Å². The van der Waals surface area contributed by atoms with E-state index in [0.717, 1.165) is 4.47 Å². The van der Waals surface area contributed by atoms with Crippen molar-refractivity contribution in [3.63, 3.8) is 0 Å². The van der Waals surface area contributed by atoms with Gasteiger partial charge in [-0.05, 0) is 51.0 Å². The molecular formula is C18H25BrN4O3S. The molecule has 2 N–H and O–H groups in total. The number of sulfonamides is 1. The number of hydrogen-bond acceptors (Lipinski definition) is 4. The van der Waals surface area contributed by atoms with Crippen LogP contribution in [0, 0.1) is 5.92 Å². The number of amides is 1. The van der Waals surface area contributed by atoms with Gasteiger partial charge in [0.2, 0.25) is 15.9 Å². The summed E-state index contributed by atoms with van der Waals surface area (Å²) < 4.78 is 30.3. The lowest BCUT2D eigenvalue weighted by Gasteiger charge is -2.21. The minimum Gasteiger partial charge on any atom is -0.322 e. The van der Waals surface area contributed by atoms with Crippen molar-refractivity contribution in [2.45, 2.75) is 51.1 Å². The van der Waals surface area contributed by atoms with Crippen molar-refractivity contribution in [3.8, 4) is 0 Å². The second-order valence-electron chi connectivity index (χ2n) is 7.63. The molecule has 7 nitrogen and oxygen atoms in total. The van der Waals surface area contributed by atoms with Gasteiger partial charge in [-0.1, -0.05) is 29.8 Å². The fraction of sp³-hybridized carbons (Fsp3) is 0.444. The number of halogens is 1. The Balaban J connectivity index is 2.17. The van der Waals surface area contributed by atoms with E-state index in [4.69, 9.17) is 0 Å². The van der Waals surface area contributed by atoms with Gasteiger partial charge in [0.15, 0.2) is 0 Å². The summed E-state index contributed by atoms with van der Waals surface area (Å²) in [7, 11) is -3.83. The maximum absolute atomic E-state index is 12.7. The average molecular weight is 457 g/mol. The molecule has 9 heteroatoms. The van der Waals surface area contributed by atoms with Crippen molar-refractivity contribution in [2.24, 2.45) is 5.92 Å². The van der Waals surface area contributed by atoms with E-state index in [1.54, 1.807) is 43.1 Å². The number of nitrogens with one attached hydrogen (secondary N) is 2. The minimum absolute atomic E-state index is 0.102. The van der Waals surface area contributed by atoms with Crippen LogP contribution in [0.4, 0.5) is 5.69 Å². The third-order valence-electron chi connectivity index (χ3n) is 3.89. The van der Waals surface area contributed by atoms with Gasteiger partial charge in [-0.3, -0.25) is 9.48 Å². The monoisotopic (exact) mass is 456 g/mol. The lowest BCUT2D eigenvalue weighted by Crippen LogP contribution is -2.46. The Morgan fingerprint density at radius 2 is 1.78 bits per heavy atom. The van der Waals surface area contributed by atoms with Crippen LogP contribution in [0.5, 0.6) is 0 Å². The Labute approximate surface area is 168 Å². The summed E-state index contributed by atoms with van der Waals surface area (Å²) in [6, 6.07) is 5.32. The second kappa shape index (κ2) is 8.12. The molecule has 0 fully saturated rings. The molecule has 1 aromatic heterocycles. The van der Waals surface area contributed by atoms with Crippen LogP contribution in [0.2, 0.25) is 0 Å². The van der Waals surface area contributed by atoms with Gasteiger partial charge in [0.25, 0.3) is 0 Å². The molecule has 0 bridgehead atoms. The number of anilines is 1. The lowest BCUT2D eigenvalue weighted by atomic mass is 10.1. The molecule has 1 amide bonds. The van der Waals surface area contributed by atoms with Crippen LogP contribution in [0.1, 0.15) is 34.6 Å². The molecule has 1 atom stereocenters. The fourth-order valence-corrected chi connectivity index (χ4v) is 3.92. The van der Waals surface area contributed by atoms with Gasteiger partial charge in [-0.2, -0.15) is 9.82 Å². The summed E-state index contributed by atoms with van der Waals surface area (Å²) in [5.74, 6) is -0.674. The van der Waals surface area contributed by atoms with Crippen molar-refractivity contribution < 1.29 is 13.2 Å². The summed E-state index contributed by atoms with van der Waals surface area (Å²) in [5.41, 5.74) is 0.298. The number of benzene rings is 1. The van der Waals surface area contributed by atoms with Crippen molar-refractivity contribution in [1.29, 1.82) is 0 Å². The maximum atomic E-state index is 12.7. The zero-order valence-corrected chi connectivity index (χ0v) is 18.4. The van der Waals surface area contributed by atoms with Crippen molar-refractivity contribution in [2.75, 3.05) is 5.32 Å². The van der Waals surface area contributed by atoms with Gasteiger partial charge in [0.05, 0.1) is 22.3 Å². The average Bonchev–Trinajstić information content (AvgIpc) is 3.01. The van der Waals surface area contributed by atoms with E-state index in [2.05, 4.69) is 31.1 Å². The first-order chi connectivity index (χ1) is 12.4. The quantitative estimate of drug-likeness (QED) is 0.696. The Hall–Kier alpha value is -1.71. The van der Waals surface area contributed by atoms with Gasteiger partial charge in [0.1, 0.15) is 6.04 Å². The SMILES string of the molecule is CC(C)[C@H](NS(=O)(=O)c1ccc(Br)cc1)C(=O)Nc1cnn(C(C)(C)C)c1. The zero-order valence-electron chi connectivity index (χ0n) is 16.0. The number of nitrogens with zero attached hydrogens (tertiary/aromatic N) is 2. The van der Waals surface area contributed by atoms with Crippen molar-refractivity contribution >= 4 is 37.5 Å². The van der Waals surface area contributed by atoms with E-state index in [1.807, 2.05) is 20.8 Å². The summed E-state index contributed by atoms with van der Waals surface area (Å²) >= 11 is 3.28. The standard InChI is InChI=1S/C18H25BrN4O3S/c1-12(2)16(22-27(25,26)15-8-6-13(19)7-9-15)17(24)21-14-10-20-23(11-14)18(3,4)5/h6-12,16,22H,1-5H3,(H,21,24)/t16-/m0/s1. The molecule has 0 radical (unpaired) electrons. The molecule has 0 saturated heterocycles. The number of carbonyl (C=O) groups excluding carboxylic acids is 1.